The van der Waals surface area contributed by atoms with Gasteiger partial charge in [-0.2, -0.15) is 17.0 Å². The van der Waals surface area contributed by atoms with E-state index in [4.69, 9.17) is 5.26 Å². The largest absolute Gasteiger partial charge is 0.310 e. The fourth-order valence-corrected chi connectivity index (χ4v) is 2.56. The third kappa shape index (κ3) is 3.46. The lowest BCUT2D eigenvalue weighted by Crippen LogP contribution is -2.39. The average Bonchev–Trinajstić information content (AvgIpc) is 2.06. The third-order valence-corrected chi connectivity index (χ3v) is 3.29. The highest BCUT2D eigenvalue weighted by atomic mass is 32.2. The first-order chi connectivity index (χ1) is 5.83. The third-order valence-electron chi connectivity index (χ3n) is 2.08. The molecule has 0 radical (unpaired) electrons. The van der Waals surface area contributed by atoms with E-state index >= 15 is 0 Å². The summed E-state index contributed by atoms with van der Waals surface area (Å²) in [6, 6.07) is 3.19. The summed E-state index contributed by atoms with van der Waals surface area (Å²) >= 11 is 2.02. The zero-order valence-electron chi connectivity index (χ0n) is 7.55. The van der Waals surface area contributed by atoms with Crippen LogP contribution in [0.3, 0.4) is 0 Å². The van der Waals surface area contributed by atoms with E-state index in [-0.39, 0.29) is 0 Å². The standard InChI is InChI=1S/C9H16N2S/c1-8(4-5-10)11-9-3-2-6-12-7-9/h8-9,11H,2-4,6-7H2,1H3. The summed E-state index contributed by atoms with van der Waals surface area (Å²) in [7, 11) is 0. The highest BCUT2D eigenvalue weighted by Crippen LogP contribution is 2.17. The van der Waals surface area contributed by atoms with E-state index in [1.165, 1.54) is 24.3 Å². The summed E-state index contributed by atoms with van der Waals surface area (Å²) in [5.74, 6) is 2.53. The van der Waals surface area contributed by atoms with Crippen LogP contribution in [0.2, 0.25) is 0 Å². The van der Waals surface area contributed by atoms with Gasteiger partial charge in [-0.15, -0.1) is 0 Å². The molecular formula is C9H16N2S. The van der Waals surface area contributed by atoms with Crippen LogP contribution in [0.15, 0.2) is 0 Å². The molecule has 3 heteroatoms. The first-order valence-electron chi connectivity index (χ1n) is 4.53. The maximum atomic E-state index is 8.47. The van der Waals surface area contributed by atoms with Crippen LogP contribution in [0.5, 0.6) is 0 Å². The van der Waals surface area contributed by atoms with Gasteiger partial charge in [0.2, 0.25) is 0 Å². The van der Waals surface area contributed by atoms with Crippen molar-refractivity contribution in [2.24, 2.45) is 0 Å². The first-order valence-corrected chi connectivity index (χ1v) is 5.69. The van der Waals surface area contributed by atoms with Crippen LogP contribution < -0.4 is 5.32 Å². The Morgan fingerprint density at radius 1 is 1.75 bits per heavy atom. The molecule has 1 aliphatic heterocycles. The van der Waals surface area contributed by atoms with Gasteiger partial charge in [-0.05, 0) is 25.5 Å². The smallest absolute Gasteiger partial charge is 0.0638 e. The van der Waals surface area contributed by atoms with Crippen molar-refractivity contribution in [1.29, 1.82) is 5.26 Å². The van der Waals surface area contributed by atoms with E-state index < -0.39 is 0 Å². The SMILES string of the molecule is CC(CC#N)NC1CCCSC1. The second kappa shape index (κ2) is 5.45. The normalized spacial score (nSPS) is 26.2. The van der Waals surface area contributed by atoms with Gasteiger partial charge in [-0.3, -0.25) is 0 Å². The lowest BCUT2D eigenvalue weighted by Gasteiger charge is -2.25. The molecule has 0 bridgehead atoms. The topological polar surface area (TPSA) is 35.8 Å². The summed E-state index contributed by atoms with van der Waals surface area (Å²) in [5, 5.41) is 11.9. The fourth-order valence-electron chi connectivity index (χ4n) is 1.47. The molecule has 1 rings (SSSR count). The second-order valence-corrected chi connectivity index (χ2v) is 4.49. The van der Waals surface area contributed by atoms with Crippen molar-refractivity contribution in [3.05, 3.63) is 0 Å². The van der Waals surface area contributed by atoms with E-state index in [1.54, 1.807) is 0 Å². The van der Waals surface area contributed by atoms with Gasteiger partial charge in [0.25, 0.3) is 0 Å². The van der Waals surface area contributed by atoms with Crippen LogP contribution in [-0.4, -0.2) is 23.6 Å². The number of thioether (sulfide) groups is 1. The molecule has 2 nitrogen and oxygen atoms in total. The minimum absolute atomic E-state index is 0.360. The van der Waals surface area contributed by atoms with Crippen LogP contribution in [0.4, 0.5) is 0 Å². The molecule has 0 aromatic rings. The van der Waals surface area contributed by atoms with Crippen LogP contribution in [0, 0.1) is 11.3 Å². The van der Waals surface area contributed by atoms with Crippen molar-refractivity contribution in [3.8, 4) is 6.07 Å². The molecule has 1 fully saturated rings. The highest BCUT2D eigenvalue weighted by Gasteiger charge is 2.14. The molecule has 2 unspecified atom stereocenters. The first kappa shape index (κ1) is 9.88. The molecule has 1 heterocycles. The van der Waals surface area contributed by atoms with E-state index in [9.17, 15) is 0 Å². The molecule has 0 amide bonds. The Bertz CT molecular complexity index is 158. The Labute approximate surface area is 78.7 Å². The number of rotatable bonds is 3. The van der Waals surface area contributed by atoms with Crippen molar-refractivity contribution in [2.45, 2.75) is 38.3 Å². The Morgan fingerprint density at radius 3 is 3.17 bits per heavy atom. The maximum Gasteiger partial charge on any atom is 0.0638 e. The summed E-state index contributed by atoms with van der Waals surface area (Å²) < 4.78 is 0. The molecular weight excluding hydrogens is 168 g/mol. The van der Waals surface area contributed by atoms with Gasteiger partial charge >= 0.3 is 0 Å². The summed E-state index contributed by atoms with van der Waals surface area (Å²) in [4.78, 5) is 0. The molecule has 1 N–H and O–H groups in total. The van der Waals surface area contributed by atoms with Gasteiger partial charge in [0, 0.05) is 17.8 Å². The van der Waals surface area contributed by atoms with Crippen LogP contribution in [0.25, 0.3) is 0 Å². The van der Waals surface area contributed by atoms with Crippen LogP contribution in [-0.2, 0) is 0 Å². The van der Waals surface area contributed by atoms with Crippen LogP contribution in [0.1, 0.15) is 26.2 Å². The summed E-state index contributed by atoms with van der Waals surface area (Å²) in [6.45, 7) is 2.09. The average molecular weight is 184 g/mol. The number of nitrogens with one attached hydrogen (secondary N) is 1. The molecule has 1 aliphatic rings. The Kier molecular flexibility index (Phi) is 4.49. The van der Waals surface area contributed by atoms with E-state index in [0.717, 1.165) is 0 Å². The van der Waals surface area contributed by atoms with Crippen molar-refractivity contribution < 1.29 is 0 Å². The van der Waals surface area contributed by atoms with E-state index in [2.05, 4.69) is 18.3 Å². The molecule has 68 valence electrons. The molecule has 12 heavy (non-hydrogen) atoms. The fraction of sp³-hybridized carbons (Fsp3) is 0.889. The van der Waals surface area contributed by atoms with Gasteiger partial charge in [-0.25, -0.2) is 0 Å². The van der Waals surface area contributed by atoms with Crippen molar-refractivity contribution in [1.82, 2.24) is 5.32 Å². The van der Waals surface area contributed by atoms with Crippen molar-refractivity contribution in [3.63, 3.8) is 0 Å². The summed E-state index contributed by atoms with van der Waals surface area (Å²) in [5.41, 5.74) is 0. The lowest BCUT2D eigenvalue weighted by molar-refractivity contribution is 0.447. The zero-order chi connectivity index (χ0) is 8.81. The minimum atomic E-state index is 0.360. The molecule has 0 aliphatic carbocycles. The predicted octanol–water partition coefficient (Wildman–Crippen LogP) is 1.77. The number of nitriles is 1. The predicted molar refractivity (Wildman–Crippen MR) is 53.2 cm³/mol. The maximum absolute atomic E-state index is 8.47. The number of hydrogen-bond acceptors (Lipinski definition) is 3. The van der Waals surface area contributed by atoms with Crippen molar-refractivity contribution >= 4 is 11.8 Å². The lowest BCUT2D eigenvalue weighted by atomic mass is 10.1. The summed E-state index contributed by atoms with van der Waals surface area (Å²) in [6.07, 6.45) is 3.23. The van der Waals surface area contributed by atoms with Crippen molar-refractivity contribution in [2.75, 3.05) is 11.5 Å². The molecule has 0 aromatic carbocycles. The monoisotopic (exact) mass is 184 g/mol. The minimum Gasteiger partial charge on any atom is -0.310 e. The van der Waals surface area contributed by atoms with Crippen LogP contribution >= 0.6 is 11.8 Å². The molecule has 0 aromatic heterocycles. The molecule has 1 saturated heterocycles. The quantitative estimate of drug-likeness (QED) is 0.726. The van der Waals surface area contributed by atoms with E-state index in [0.29, 0.717) is 18.5 Å². The second-order valence-electron chi connectivity index (χ2n) is 3.34. The Morgan fingerprint density at radius 2 is 2.58 bits per heavy atom. The van der Waals surface area contributed by atoms with Gasteiger partial charge in [-0.1, -0.05) is 0 Å². The number of hydrogen-bond donors (Lipinski definition) is 1. The van der Waals surface area contributed by atoms with E-state index in [1.807, 2.05) is 11.8 Å². The zero-order valence-corrected chi connectivity index (χ0v) is 8.36. The van der Waals surface area contributed by atoms with Gasteiger partial charge < -0.3 is 5.32 Å². The molecule has 0 saturated carbocycles. The van der Waals surface area contributed by atoms with Gasteiger partial charge in [0.05, 0.1) is 12.5 Å². The Balaban J connectivity index is 2.16. The molecule has 2 atom stereocenters. The highest BCUT2D eigenvalue weighted by molar-refractivity contribution is 7.99. The van der Waals surface area contributed by atoms with Gasteiger partial charge in [0.1, 0.15) is 0 Å². The molecule has 0 spiro atoms. The van der Waals surface area contributed by atoms with Gasteiger partial charge in [0.15, 0.2) is 0 Å². The Hall–Kier alpha value is -0.200. The number of nitrogens with zero attached hydrogens (tertiary/aromatic N) is 1.